The van der Waals surface area contributed by atoms with Crippen LogP contribution in [-0.4, -0.2) is 22.7 Å². The number of aromatic nitrogens is 1. The average molecular weight is 1180 g/mol. The van der Waals surface area contributed by atoms with Gasteiger partial charge in [0.2, 0.25) is 23.4 Å². The number of hydrogen-bond acceptors (Lipinski definition) is 12. The first-order valence-electron chi connectivity index (χ1n) is 29.9. The summed E-state index contributed by atoms with van der Waals surface area (Å²) in [6.45, 7) is 21.1. The van der Waals surface area contributed by atoms with E-state index in [0.717, 1.165) is 72.7 Å². The molecule has 9 aromatic rings. The lowest BCUT2D eigenvalue weighted by molar-refractivity contribution is 0.261. The Morgan fingerprint density at radius 2 is 0.989 bits per heavy atom. The molecular weight excluding hydrogens is 1100 g/mol. The molecule has 0 bridgehead atoms. The van der Waals surface area contributed by atoms with Crippen LogP contribution in [-0.2, 0) is 64.7 Å². The Morgan fingerprint density at radius 3 is 1.56 bits per heavy atom. The molecule has 13 heteroatoms. The molecule has 0 radical (unpaired) electrons. The summed E-state index contributed by atoms with van der Waals surface area (Å²) in [7, 11) is 0. The lowest BCUT2D eigenvalue weighted by Crippen LogP contribution is -2.21. The van der Waals surface area contributed by atoms with Crippen LogP contribution in [0.3, 0.4) is 0 Å². The predicted molar refractivity (Wildman–Crippen MR) is 353 cm³/mol. The van der Waals surface area contributed by atoms with E-state index in [1.54, 1.807) is 0 Å². The van der Waals surface area contributed by atoms with E-state index in [-0.39, 0.29) is 61.1 Å². The van der Waals surface area contributed by atoms with Crippen molar-refractivity contribution in [3.05, 3.63) is 255 Å². The smallest absolute Gasteiger partial charge is 0.237 e. The summed E-state index contributed by atoms with van der Waals surface area (Å²) in [5.41, 5.74) is 12.7. The van der Waals surface area contributed by atoms with Gasteiger partial charge in [-0.15, -0.1) is 10.2 Å². The molecule has 0 saturated carbocycles. The Morgan fingerprint density at radius 1 is 0.489 bits per heavy atom. The summed E-state index contributed by atoms with van der Waals surface area (Å²) in [5, 5.41) is 19.0. The third-order valence-electron chi connectivity index (χ3n) is 15.6. The lowest BCUT2D eigenvalue weighted by Gasteiger charge is -2.25. The monoisotopic (exact) mass is 1180 g/mol. The van der Waals surface area contributed by atoms with Gasteiger partial charge in [0.1, 0.15) is 51.1 Å². The van der Waals surface area contributed by atoms with Crippen molar-refractivity contribution >= 4 is 39.5 Å². The van der Waals surface area contributed by atoms with Crippen molar-refractivity contribution in [3.8, 4) is 28.7 Å². The van der Waals surface area contributed by atoms with Crippen LogP contribution in [0, 0.1) is 16.7 Å². The molecule has 6 N–H and O–H groups in total. The molecule has 1 atom stereocenters. The van der Waals surface area contributed by atoms with Crippen molar-refractivity contribution in [2.75, 3.05) is 0 Å². The Hall–Kier alpha value is -9.75. The van der Waals surface area contributed by atoms with Gasteiger partial charge in [0.15, 0.2) is 11.5 Å². The molecule has 0 amide bonds. The SMILES string of the molecule is CC(C)(C)C1=CCC(/C(=N/N)OCc2ccc(Oc3c(OCc4ccc(COC(=N)c5ccc(C(C)(C)C)cc5)cc4)cc(COc4ccc5c(c4)[nH]c4ccccc45)cc3OCc3ccc(/C(=N/N)OCc4ccc(C(C)(C)C)cc4)cc3)cc2)C=C1. The standard InChI is InChI=1S/C75H80N6O7/c1-73(2,3)58-30-20-52(21-31-58)46-86-71(80-77)56-24-18-51(19-25-56)44-84-68-41-54(48-82-62-38-39-64-63-12-10-11-13-65(63)79-66(64)42-62)40-67(83-43-49-14-16-50(17-15-49)45-85-70(76)55-26-32-59(33-27-55)74(4,5)6)69(68)88-61-36-22-53(23-37-61)47-87-72(81-78)57-28-34-60(35-29-57)75(7,8)9/h10-28,30-42,57,76,79H,29,43-48,77-78H2,1-9H3/b76-70?,80-71-,81-72-. The summed E-state index contributed by atoms with van der Waals surface area (Å²) in [6, 6.07) is 58.0. The number of nitrogens with zero attached hydrogens (tertiary/aromatic N) is 2. The highest BCUT2D eigenvalue weighted by atomic mass is 16.5. The van der Waals surface area contributed by atoms with Crippen molar-refractivity contribution in [1.29, 1.82) is 5.41 Å². The number of nitrogens with two attached hydrogens (primary N) is 2. The van der Waals surface area contributed by atoms with E-state index >= 15 is 0 Å². The maximum Gasteiger partial charge on any atom is 0.237 e. The number of fused-ring (bicyclic) bond motifs is 3. The third-order valence-corrected chi connectivity index (χ3v) is 15.6. The molecule has 1 aliphatic carbocycles. The zero-order chi connectivity index (χ0) is 62.0. The normalized spacial score (nSPS) is 13.9. The quantitative estimate of drug-likeness (QED) is 0.0250. The maximum atomic E-state index is 8.64. The molecule has 1 heterocycles. The van der Waals surface area contributed by atoms with E-state index in [2.05, 4.69) is 150 Å². The van der Waals surface area contributed by atoms with Gasteiger partial charge in [0.25, 0.3) is 0 Å². The molecule has 1 aromatic heterocycles. The number of rotatable bonds is 20. The lowest BCUT2D eigenvalue weighted by atomic mass is 9.81. The first-order valence-corrected chi connectivity index (χ1v) is 29.9. The van der Waals surface area contributed by atoms with Crippen molar-refractivity contribution in [1.82, 2.24) is 4.98 Å². The highest BCUT2D eigenvalue weighted by molar-refractivity contribution is 6.07. The van der Waals surface area contributed by atoms with Gasteiger partial charge in [-0.2, -0.15) is 0 Å². The molecule has 0 saturated heterocycles. The van der Waals surface area contributed by atoms with E-state index in [0.29, 0.717) is 47.1 Å². The number of para-hydroxylation sites is 1. The summed E-state index contributed by atoms with van der Waals surface area (Å²) >= 11 is 0. The molecule has 88 heavy (non-hydrogen) atoms. The van der Waals surface area contributed by atoms with Crippen molar-refractivity contribution in [2.24, 2.45) is 33.2 Å². The summed E-state index contributed by atoms with van der Waals surface area (Å²) in [4.78, 5) is 3.53. The van der Waals surface area contributed by atoms with Crippen LogP contribution in [0.4, 0.5) is 0 Å². The van der Waals surface area contributed by atoms with E-state index in [4.69, 9.17) is 50.3 Å². The number of hydrogen-bond donors (Lipinski definition) is 4. The number of H-pyrrole nitrogens is 1. The second-order valence-electron chi connectivity index (χ2n) is 25.4. The van der Waals surface area contributed by atoms with Crippen LogP contribution in [0.1, 0.15) is 124 Å². The second kappa shape index (κ2) is 26.9. The van der Waals surface area contributed by atoms with Crippen LogP contribution in [0.25, 0.3) is 21.8 Å². The van der Waals surface area contributed by atoms with E-state index in [1.807, 2.05) is 121 Å². The molecule has 452 valence electrons. The molecule has 1 unspecified atom stereocenters. The topological polar surface area (TPSA) is 181 Å². The Kier molecular flexibility index (Phi) is 18.7. The maximum absolute atomic E-state index is 8.64. The van der Waals surface area contributed by atoms with Gasteiger partial charge in [-0.05, 0) is 139 Å². The average Bonchev–Trinajstić information content (AvgIpc) is 3.83. The predicted octanol–water partition coefficient (Wildman–Crippen LogP) is 17.2. The number of hydrazone groups is 2. The zero-order valence-electron chi connectivity index (χ0n) is 51.9. The van der Waals surface area contributed by atoms with Crippen LogP contribution in [0.2, 0.25) is 0 Å². The van der Waals surface area contributed by atoms with Crippen LogP contribution >= 0.6 is 0 Å². The van der Waals surface area contributed by atoms with E-state index in [1.165, 1.54) is 16.7 Å². The Balaban J connectivity index is 0.905. The van der Waals surface area contributed by atoms with Crippen molar-refractivity contribution < 1.29 is 33.2 Å². The second-order valence-corrected chi connectivity index (χ2v) is 25.4. The molecule has 0 spiro atoms. The van der Waals surface area contributed by atoms with Crippen LogP contribution < -0.4 is 30.6 Å². The number of aromatic amines is 1. The van der Waals surface area contributed by atoms with Gasteiger partial charge in [-0.1, -0.05) is 184 Å². The summed E-state index contributed by atoms with van der Waals surface area (Å²) in [5.74, 6) is 15.1. The highest BCUT2D eigenvalue weighted by Gasteiger charge is 2.24. The van der Waals surface area contributed by atoms with Crippen LogP contribution in [0.15, 0.2) is 210 Å². The minimum Gasteiger partial charge on any atom is -0.489 e. The Bertz CT molecular complexity index is 3990. The fourth-order valence-electron chi connectivity index (χ4n) is 10.3. The van der Waals surface area contributed by atoms with Gasteiger partial charge in [0, 0.05) is 33.5 Å². The number of ether oxygens (including phenoxy) is 7. The first kappa shape index (κ1) is 61.3. The number of benzene rings is 8. The Labute approximate surface area is 517 Å². The van der Waals surface area contributed by atoms with E-state index in [9.17, 15) is 0 Å². The highest BCUT2D eigenvalue weighted by Crippen LogP contribution is 2.43. The van der Waals surface area contributed by atoms with Crippen LogP contribution in [0.5, 0.6) is 28.7 Å². The van der Waals surface area contributed by atoms with Gasteiger partial charge in [-0.25, -0.2) is 0 Å². The van der Waals surface area contributed by atoms with Gasteiger partial charge in [0.05, 0.1) is 11.4 Å². The summed E-state index contributed by atoms with van der Waals surface area (Å²) < 4.78 is 45.3. The molecular formula is C75H80N6O7. The minimum absolute atomic E-state index is 0.0138. The molecule has 8 aromatic carbocycles. The van der Waals surface area contributed by atoms with Crippen molar-refractivity contribution in [3.63, 3.8) is 0 Å². The molecule has 0 aliphatic heterocycles. The largest absolute Gasteiger partial charge is 0.489 e. The molecule has 13 nitrogen and oxygen atoms in total. The third kappa shape index (κ3) is 15.6. The first-order chi connectivity index (χ1) is 42.3. The number of nitrogens with one attached hydrogen (secondary N) is 2. The van der Waals surface area contributed by atoms with Gasteiger partial charge >= 0.3 is 0 Å². The molecule has 10 rings (SSSR count). The van der Waals surface area contributed by atoms with Gasteiger partial charge < -0.3 is 49.8 Å². The van der Waals surface area contributed by atoms with Crippen molar-refractivity contribution in [2.45, 2.75) is 119 Å². The van der Waals surface area contributed by atoms with Gasteiger partial charge in [-0.3, -0.25) is 5.41 Å². The minimum atomic E-state index is -0.0565. The fourth-order valence-corrected chi connectivity index (χ4v) is 10.3. The fraction of sp³-hybridized carbons (Fsp3) is 0.267. The molecule has 1 aliphatic rings. The zero-order valence-corrected chi connectivity index (χ0v) is 51.9. The number of allylic oxidation sites excluding steroid dienone is 3. The molecule has 0 fully saturated rings. The summed E-state index contributed by atoms with van der Waals surface area (Å²) in [6.07, 6.45) is 7.24. The van der Waals surface area contributed by atoms with E-state index < -0.39 is 0 Å².